The number of hydrogen-bond acceptors (Lipinski definition) is 9. The Bertz CT molecular complexity index is 952. The Hall–Kier alpha value is -2.85. The molecule has 1 rings (SSSR count). The van der Waals surface area contributed by atoms with Crippen LogP contribution in [0.1, 0.15) is 53.0 Å². The topological polar surface area (TPSA) is 127 Å². The number of anilines is 1. The number of benzene rings is 1. The van der Waals surface area contributed by atoms with Crippen LogP contribution in [0, 0.1) is 17.2 Å². The number of nitrogens with one attached hydrogen (secondary N) is 2. The second-order valence-corrected chi connectivity index (χ2v) is 11.7. The van der Waals surface area contributed by atoms with E-state index in [1.807, 2.05) is 40.3 Å². The molecule has 264 valence electrons. The van der Waals surface area contributed by atoms with Crippen molar-refractivity contribution < 1.29 is 23.9 Å². The monoisotopic (exact) mass is 666 g/mol. The summed E-state index contributed by atoms with van der Waals surface area (Å²) in [6.07, 6.45) is 4.40. The van der Waals surface area contributed by atoms with Gasteiger partial charge in [-0.25, -0.2) is 0 Å². The highest BCUT2D eigenvalue weighted by Crippen LogP contribution is 2.11. The highest BCUT2D eigenvalue weighted by atomic mass is 32.2. The van der Waals surface area contributed by atoms with Gasteiger partial charge in [-0.2, -0.15) is 17.0 Å². The summed E-state index contributed by atoms with van der Waals surface area (Å²) in [6.45, 7) is 16.3. The van der Waals surface area contributed by atoms with Gasteiger partial charge in [0.1, 0.15) is 5.92 Å². The molecule has 12 heteroatoms. The van der Waals surface area contributed by atoms with Crippen molar-refractivity contribution in [2.45, 2.75) is 59.1 Å². The van der Waals surface area contributed by atoms with Crippen molar-refractivity contribution in [1.29, 1.82) is 5.26 Å². The minimum atomic E-state index is -0.612. The van der Waals surface area contributed by atoms with Gasteiger partial charge in [-0.15, -0.1) is 0 Å². The van der Waals surface area contributed by atoms with Crippen molar-refractivity contribution >= 4 is 35.2 Å². The zero-order chi connectivity index (χ0) is 35.3. The Morgan fingerprint density at radius 1 is 0.935 bits per heavy atom. The number of nitrogens with zero attached hydrogens (tertiary/aromatic N) is 4. The van der Waals surface area contributed by atoms with Gasteiger partial charge in [0, 0.05) is 73.1 Å². The molecule has 0 fully saturated rings. The second kappa shape index (κ2) is 29.5. The quantitative estimate of drug-likeness (QED) is 0.212. The molecule has 46 heavy (non-hydrogen) atoms. The molecule has 1 aromatic rings. The number of carbonyl (C=O) groups excluding carboxylic acids is 3. The van der Waals surface area contributed by atoms with E-state index < -0.39 is 5.92 Å². The first-order valence-electron chi connectivity index (χ1n) is 16.2. The molecule has 2 N–H and O–H groups in total. The molecule has 0 aliphatic rings. The molecular weight excluding hydrogens is 604 g/mol. The van der Waals surface area contributed by atoms with Crippen LogP contribution < -0.4 is 10.6 Å². The first-order valence-corrected chi connectivity index (χ1v) is 17.5. The summed E-state index contributed by atoms with van der Waals surface area (Å²) in [6, 6.07) is 10.3. The van der Waals surface area contributed by atoms with Gasteiger partial charge in [0.2, 0.25) is 17.7 Å². The zero-order valence-corrected chi connectivity index (χ0v) is 31.0. The maximum atomic E-state index is 11.8. The SMILES string of the molecule is CCN(C)C(=O)C(C)SC.CCN(CC)CCNC(=O)CCCc1ccc(NC)cc1.COCCN(CCOC)C(=O)C(C)C#N. The number of thioether (sulfide) groups is 1. The second-order valence-electron chi connectivity index (χ2n) is 10.6. The molecule has 0 saturated carbocycles. The van der Waals surface area contributed by atoms with Crippen LogP contribution in [0.4, 0.5) is 5.69 Å². The standard InChI is InChI=1S/C17H29N3O.C10H18N2O3.C7H15NOS/c1-4-20(5-2)14-13-19-17(21)8-6-7-15-9-11-16(18-3)12-10-15;1-9(8-11)10(13)12(4-6-14-2)5-7-15-3;1-5-8(3)7(9)6(2)10-4/h9-12,18H,4-8,13-14H2,1-3H3,(H,19,21);9H,4-7H2,1-3H3;6H,5H2,1-4H3. The lowest BCUT2D eigenvalue weighted by Gasteiger charge is -2.22. The van der Waals surface area contributed by atoms with Gasteiger partial charge in [0.15, 0.2) is 0 Å². The number of ether oxygens (including phenoxy) is 2. The average molecular weight is 667 g/mol. The third-order valence-electron chi connectivity index (χ3n) is 7.31. The summed E-state index contributed by atoms with van der Waals surface area (Å²) in [7, 11) is 6.89. The van der Waals surface area contributed by atoms with E-state index in [-0.39, 0.29) is 23.0 Å². The van der Waals surface area contributed by atoms with E-state index in [4.69, 9.17) is 14.7 Å². The molecular formula is C34H62N6O5S. The normalized spacial score (nSPS) is 11.5. The zero-order valence-electron chi connectivity index (χ0n) is 30.2. The van der Waals surface area contributed by atoms with Gasteiger partial charge in [-0.1, -0.05) is 26.0 Å². The maximum absolute atomic E-state index is 11.8. The molecule has 0 radical (unpaired) electrons. The number of nitriles is 1. The summed E-state index contributed by atoms with van der Waals surface area (Å²) in [5.74, 6) is -0.408. The van der Waals surface area contributed by atoms with E-state index in [2.05, 4.69) is 53.6 Å². The first kappa shape index (κ1) is 45.3. The average Bonchev–Trinajstić information content (AvgIpc) is 3.09. The molecule has 0 spiro atoms. The van der Waals surface area contributed by atoms with Crippen molar-refractivity contribution in [2.24, 2.45) is 5.92 Å². The van der Waals surface area contributed by atoms with Crippen LogP contribution in [0.2, 0.25) is 0 Å². The lowest BCUT2D eigenvalue weighted by atomic mass is 10.1. The summed E-state index contributed by atoms with van der Waals surface area (Å²) in [4.78, 5) is 40.3. The van der Waals surface area contributed by atoms with E-state index in [1.165, 1.54) is 5.56 Å². The van der Waals surface area contributed by atoms with Gasteiger partial charge in [0.25, 0.3) is 0 Å². The van der Waals surface area contributed by atoms with Crippen LogP contribution in [-0.4, -0.2) is 131 Å². The Balaban J connectivity index is 0. The highest BCUT2D eigenvalue weighted by Gasteiger charge is 2.19. The third-order valence-corrected chi connectivity index (χ3v) is 8.22. The number of methoxy groups -OCH3 is 2. The molecule has 0 saturated heterocycles. The number of amides is 3. The van der Waals surface area contributed by atoms with E-state index in [0.717, 1.165) is 51.3 Å². The van der Waals surface area contributed by atoms with Crippen LogP contribution in [0.25, 0.3) is 0 Å². The fourth-order valence-corrected chi connectivity index (χ4v) is 4.29. The predicted molar refractivity (Wildman–Crippen MR) is 191 cm³/mol. The molecule has 0 bridgehead atoms. The van der Waals surface area contributed by atoms with Gasteiger partial charge < -0.3 is 34.8 Å². The number of hydrogen-bond donors (Lipinski definition) is 2. The van der Waals surface area contributed by atoms with Crippen molar-refractivity contribution in [3.05, 3.63) is 29.8 Å². The summed E-state index contributed by atoms with van der Waals surface area (Å²) in [5, 5.41) is 14.8. The van der Waals surface area contributed by atoms with Crippen molar-refractivity contribution in [3.8, 4) is 6.07 Å². The van der Waals surface area contributed by atoms with Crippen LogP contribution >= 0.6 is 11.8 Å². The molecule has 2 unspecified atom stereocenters. The fraction of sp³-hybridized carbons (Fsp3) is 0.706. The highest BCUT2D eigenvalue weighted by molar-refractivity contribution is 7.99. The van der Waals surface area contributed by atoms with Crippen molar-refractivity contribution in [3.63, 3.8) is 0 Å². The largest absolute Gasteiger partial charge is 0.388 e. The minimum absolute atomic E-state index is 0.102. The molecule has 11 nitrogen and oxygen atoms in total. The summed E-state index contributed by atoms with van der Waals surface area (Å²) < 4.78 is 9.80. The van der Waals surface area contributed by atoms with E-state index in [9.17, 15) is 14.4 Å². The van der Waals surface area contributed by atoms with Crippen LogP contribution in [0.5, 0.6) is 0 Å². The smallest absolute Gasteiger partial charge is 0.239 e. The van der Waals surface area contributed by atoms with Gasteiger partial charge in [-0.3, -0.25) is 14.4 Å². The fourth-order valence-electron chi connectivity index (χ4n) is 3.90. The van der Waals surface area contributed by atoms with Crippen LogP contribution in [-0.2, 0) is 30.3 Å². The minimum Gasteiger partial charge on any atom is -0.388 e. The molecule has 0 heterocycles. The van der Waals surface area contributed by atoms with Crippen LogP contribution in [0.15, 0.2) is 24.3 Å². The number of likely N-dealkylation sites (N-methyl/N-ethyl adjacent to an activating group) is 1. The lowest BCUT2D eigenvalue weighted by molar-refractivity contribution is -0.134. The van der Waals surface area contributed by atoms with E-state index in [0.29, 0.717) is 32.7 Å². The molecule has 0 aliphatic carbocycles. The van der Waals surface area contributed by atoms with E-state index >= 15 is 0 Å². The lowest BCUT2D eigenvalue weighted by Crippen LogP contribution is -2.39. The Kier molecular flexibility index (Phi) is 29.1. The maximum Gasteiger partial charge on any atom is 0.239 e. The number of carbonyl (C=O) groups is 3. The number of aryl methyl sites for hydroxylation is 1. The molecule has 0 aromatic heterocycles. The molecule has 2 atom stereocenters. The van der Waals surface area contributed by atoms with Crippen molar-refractivity contribution in [2.75, 3.05) is 98.9 Å². The summed E-state index contributed by atoms with van der Waals surface area (Å²) in [5.41, 5.74) is 2.40. The summed E-state index contributed by atoms with van der Waals surface area (Å²) >= 11 is 1.59. The van der Waals surface area contributed by atoms with E-state index in [1.54, 1.807) is 42.7 Å². The van der Waals surface area contributed by atoms with Crippen molar-refractivity contribution in [1.82, 2.24) is 20.0 Å². The third kappa shape index (κ3) is 21.8. The van der Waals surface area contributed by atoms with Crippen LogP contribution in [0.3, 0.4) is 0 Å². The van der Waals surface area contributed by atoms with Gasteiger partial charge >= 0.3 is 0 Å². The Morgan fingerprint density at radius 2 is 1.50 bits per heavy atom. The molecule has 3 amide bonds. The van der Waals surface area contributed by atoms with Gasteiger partial charge in [-0.05, 0) is 70.7 Å². The Labute approximate surface area is 283 Å². The molecule has 0 aliphatic heterocycles. The molecule has 1 aromatic carbocycles. The Morgan fingerprint density at radius 3 is 1.93 bits per heavy atom. The number of rotatable bonds is 20. The first-order chi connectivity index (χ1) is 22.0. The predicted octanol–water partition coefficient (Wildman–Crippen LogP) is 3.99. The van der Waals surface area contributed by atoms with Gasteiger partial charge in [0.05, 0.1) is 24.5 Å².